The van der Waals surface area contributed by atoms with Crippen molar-refractivity contribution in [3.05, 3.63) is 150 Å². The summed E-state index contributed by atoms with van der Waals surface area (Å²) in [5.41, 5.74) is 8.30. The number of aryl methyl sites for hydroxylation is 1. The number of nitrogens with zero attached hydrogens (tertiary/aromatic N) is 2. The number of rotatable bonds is 15. The van der Waals surface area contributed by atoms with E-state index in [1.54, 1.807) is 0 Å². The summed E-state index contributed by atoms with van der Waals surface area (Å²) in [7, 11) is 0. The van der Waals surface area contributed by atoms with Gasteiger partial charge in [0.15, 0.2) is 0 Å². The summed E-state index contributed by atoms with van der Waals surface area (Å²) in [5, 5.41) is 16.6. The highest BCUT2D eigenvalue weighted by Crippen LogP contribution is 2.37. The second-order valence-electron chi connectivity index (χ2n) is 14.0. The number of likely N-dealkylation sites (tertiary alicyclic amines) is 1. The van der Waals surface area contributed by atoms with Gasteiger partial charge in [0, 0.05) is 24.0 Å². The number of carbonyl (C=O) groups is 2. The zero-order valence-corrected chi connectivity index (χ0v) is 31.9. The van der Waals surface area contributed by atoms with Crippen LogP contribution in [0, 0.1) is 6.92 Å². The van der Waals surface area contributed by atoms with Gasteiger partial charge in [0.25, 0.3) is 0 Å². The monoisotopic (exact) mass is 754 g/mol. The Hall–Kier alpha value is -6.06. The van der Waals surface area contributed by atoms with Crippen molar-refractivity contribution in [1.82, 2.24) is 9.47 Å². The van der Waals surface area contributed by atoms with Crippen molar-refractivity contribution in [3.63, 3.8) is 0 Å². The SMILES string of the molecule is Cc1c(-c2ccc(OCc3ccccc3)cc2)n(Cc2ccc(OCCN3CCCCCC3)cc2)c2ccc(OCc3ccccc3)cc12.O=C(O)CC(=O)O. The maximum atomic E-state index is 9.43. The Morgan fingerprint density at radius 2 is 1.14 bits per heavy atom. The molecule has 0 bridgehead atoms. The van der Waals surface area contributed by atoms with Crippen molar-refractivity contribution in [1.29, 1.82) is 0 Å². The standard InChI is InChI=1S/C44H46N2O3.C3H4O4/c1-34-42-30-41(49-33-37-14-8-5-9-15-37)24-25-43(42)46(44(34)38-18-22-40(23-19-38)48-32-36-12-6-4-7-13-36)31-35-16-20-39(21-17-35)47-29-28-45-26-10-2-3-11-27-45;4-2(5)1-3(6)7/h4-9,12-25,30H,2-3,10-11,26-29,31-33H2,1H3;1H2,(H,4,5)(H,6,7). The zero-order valence-electron chi connectivity index (χ0n) is 31.9. The molecule has 7 rings (SSSR count). The summed E-state index contributed by atoms with van der Waals surface area (Å²) in [4.78, 5) is 21.4. The van der Waals surface area contributed by atoms with Gasteiger partial charge in [-0.1, -0.05) is 85.6 Å². The van der Waals surface area contributed by atoms with Crippen molar-refractivity contribution in [2.45, 2.75) is 58.8 Å². The van der Waals surface area contributed by atoms with E-state index in [2.05, 4.69) is 107 Å². The predicted molar refractivity (Wildman–Crippen MR) is 219 cm³/mol. The van der Waals surface area contributed by atoms with Gasteiger partial charge in [-0.15, -0.1) is 0 Å². The average molecular weight is 755 g/mol. The molecule has 2 heterocycles. The molecule has 0 aliphatic carbocycles. The molecule has 290 valence electrons. The van der Waals surface area contributed by atoms with Crippen LogP contribution < -0.4 is 14.2 Å². The molecule has 6 aromatic rings. The number of hydrogen-bond donors (Lipinski definition) is 2. The van der Waals surface area contributed by atoms with Crippen LogP contribution in [-0.4, -0.2) is 57.9 Å². The first-order chi connectivity index (χ1) is 27.3. The van der Waals surface area contributed by atoms with Crippen molar-refractivity contribution < 1.29 is 34.0 Å². The second-order valence-corrected chi connectivity index (χ2v) is 14.0. The van der Waals surface area contributed by atoms with Gasteiger partial charge in [-0.3, -0.25) is 14.5 Å². The Morgan fingerprint density at radius 3 is 1.71 bits per heavy atom. The molecule has 0 amide bonds. The lowest BCUT2D eigenvalue weighted by atomic mass is 10.1. The molecule has 1 aromatic heterocycles. The molecular weight excluding hydrogens is 705 g/mol. The summed E-state index contributed by atoms with van der Waals surface area (Å²) in [6.07, 6.45) is 4.51. The molecule has 9 nitrogen and oxygen atoms in total. The zero-order chi connectivity index (χ0) is 39.1. The number of hydrogen-bond acceptors (Lipinski definition) is 6. The van der Waals surface area contributed by atoms with E-state index in [0.717, 1.165) is 53.6 Å². The van der Waals surface area contributed by atoms with Gasteiger partial charge in [-0.05, 0) is 115 Å². The predicted octanol–water partition coefficient (Wildman–Crippen LogP) is 9.62. The lowest BCUT2D eigenvalue weighted by Gasteiger charge is -2.19. The van der Waals surface area contributed by atoms with Gasteiger partial charge >= 0.3 is 11.9 Å². The highest BCUT2D eigenvalue weighted by molar-refractivity contribution is 5.93. The Balaban J connectivity index is 0.000000695. The smallest absolute Gasteiger partial charge is 0.314 e. The summed E-state index contributed by atoms with van der Waals surface area (Å²) < 4.78 is 21.0. The summed E-state index contributed by atoms with van der Waals surface area (Å²) >= 11 is 0. The van der Waals surface area contributed by atoms with E-state index in [1.807, 2.05) is 36.4 Å². The fraction of sp³-hybridized carbons (Fsp3) is 0.277. The van der Waals surface area contributed by atoms with E-state index >= 15 is 0 Å². The van der Waals surface area contributed by atoms with Crippen LogP contribution >= 0.6 is 0 Å². The third kappa shape index (κ3) is 11.5. The van der Waals surface area contributed by atoms with Crippen LogP contribution in [0.1, 0.15) is 54.4 Å². The summed E-state index contributed by atoms with van der Waals surface area (Å²) in [5.74, 6) is 0.0316. The van der Waals surface area contributed by atoms with Gasteiger partial charge in [-0.25, -0.2) is 0 Å². The van der Waals surface area contributed by atoms with Crippen LogP contribution in [0.15, 0.2) is 127 Å². The van der Waals surface area contributed by atoms with Crippen molar-refractivity contribution in [2.75, 3.05) is 26.2 Å². The first-order valence-corrected chi connectivity index (χ1v) is 19.3. The van der Waals surface area contributed by atoms with Crippen LogP contribution in [-0.2, 0) is 29.3 Å². The van der Waals surface area contributed by atoms with Crippen molar-refractivity contribution in [2.24, 2.45) is 0 Å². The summed E-state index contributed by atoms with van der Waals surface area (Å²) in [6, 6.07) is 44.2. The molecule has 0 spiro atoms. The third-order valence-corrected chi connectivity index (χ3v) is 9.85. The van der Waals surface area contributed by atoms with E-state index in [4.69, 9.17) is 24.4 Å². The minimum Gasteiger partial charge on any atom is -0.492 e. The Kier molecular flexibility index (Phi) is 14.2. The van der Waals surface area contributed by atoms with Crippen LogP contribution in [0.3, 0.4) is 0 Å². The Morgan fingerprint density at radius 1 is 0.607 bits per heavy atom. The Bertz CT molecular complexity index is 2130. The minimum absolute atomic E-state index is 0.538. The molecule has 9 heteroatoms. The normalized spacial score (nSPS) is 12.9. The van der Waals surface area contributed by atoms with Gasteiger partial charge in [0.2, 0.25) is 0 Å². The molecule has 0 saturated carbocycles. The minimum atomic E-state index is -1.31. The number of aromatic nitrogens is 1. The van der Waals surface area contributed by atoms with E-state index < -0.39 is 18.4 Å². The first-order valence-electron chi connectivity index (χ1n) is 19.3. The summed E-state index contributed by atoms with van der Waals surface area (Å²) in [6.45, 7) is 8.15. The largest absolute Gasteiger partial charge is 0.492 e. The van der Waals surface area contributed by atoms with Crippen LogP contribution in [0.4, 0.5) is 0 Å². The molecule has 2 N–H and O–H groups in total. The number of ether oxygens (including phenoxy) is 3. The van der Waals surface area contributed by atoms with Crippen molar-refractivity contribution >= 4 is 22.8 Å². The van der Waals surface area contributed by atoms with Crippen LogP contribution in [0.5, 0.6) is 17.2 Å². The molecule has 1 aliphatic rings. The number of fused-ring (bicyclic) bond motifs is 1. The Labute approximate surface area is 328 Å². The molecule has 1 fully saturated rings. The highest BCUT2D eigenvalue weighted by Gasteiger charge is 2.18. The highest BCUT2D eigenvalue weighted by atomic mass is 16.5. The number of carboxylic acids is 2. The fourth-order valence-corrected chi connectivity index (χ4v) is 6.97. The maximum absolute atomic E-state index is 9.43. The van der Waals surface area contributed by atoms with E-state index in [1.165, 1.54) is 66.5 Å². The lowest BCUT2D eigenvalue weighted by Crippen LogP contribution is -2.29. The van der Waals surface area contributed by atoms with E-state index in [-0.39, 0.29) is 0 Å². The molecule has 0 radical (unpaired) electrons. The van der Waals surface area contributed by atoms with Crippen molar-refractivity contribution in [3.8, 4) is 28.5 Å². The topological polar surface area (TPSA) is 110 Å². The van der Waals surface area contributed by atoms with Crippen LogP contribution in [0.2, 0.25) is 0 Å². The number of aliphatic carboxylic acids is 2. The first kappa shape index (κ1) is 39.6. The molecule has 1 saturated heterocycles. The van der Waals surface area contributed by atoms with Gasteiger partial charge in [0.1, 0.15) is 43.5 Å². The molecule has 1 aliphatic heterocycles. The van der Waals surface area contributed by atoms with Gasteiger partial charge < -0.3 is 29.0 Å². The van der Waals surface area contributed by atoms with Gasteiger partial charge in [0.05, 0.1) is 5.69 Å². The quantitative estimate of drug-likeness (QED) is 0.0998. The lowest BCUT2D eigenvalue weighted by molar-refractivity contribution is -0.147. The molecular formula is C47H50N2O7. The van der Waals surface area contributed by atoms with E-state index in [0.29, 0.717) is 13.2 Å². The van der Waals surface area contributed by atoms with Gasteiger partial charge in [-0.2, -0.15) is 0 Å². The third-order valence-electron chi connectivity index (χ3n) is 9.85. The fourth-order valence-electron chi connectivity index (χ4n) is 6.97. The number of carboxylic acid groups (broad SMARTS) is 2. The maximum Gasteiger partial charge on any atom is 0.314 e. The molecule has 56 heavy (non-hydrogen) atoms. The average Bonchev–Trinajstić information content (AvgIpc) is 3.33. The molecule has 0 unspecified atom stereocenters. The number of benzene rings is 5. The molecule has 0 atom stereocenters. The second kappa shape index (κ2) is 20.0. The van der Waals surface area contributed by atoms with E-state index in [9.17, 15) is 9.59 Å². The molecule has 5 aromatic carbocycles. The van der Waals surface area contributed by atoms with Crippen LogP contribution in [0.25, 0.3) is 22.2 Å².